The van der Waals surface area contributed by atoms with Crippen molar-refractivity contribution in [3.8, 4) is 0 Å². The summed E-state index contributed by atoms with van der Waals surface area (Å²) in [5.74, 6) is 0.852. The average molecular weight is 213 g/mol. The van der Waals surface area contributed by atoms with E-state index in [1.807, 2.05) is 13.8 Å². The number of aliphatic hydroxyl groups excluding tert-OH is 1. The first-order valence-corrected chi connectivity index (χ1v) is 5.75. The molecule has 1 aliphatic rings. The second-order valence-corrected chi connectivity index (χ2v) is 4.62. The summed E-state index contributed by atoms with van der Waals surface area (Å²) in [6, 6.07) is 0.317. The molecule has 1 fully saturated rings. The van der Waals surface area contributed by atoms with E-state index in [9.17, 15) is 5.11 Å². The highest BCUT2D eigenvalue weighted by Crippen LogP contribution is 2.40. The van der Waals surface area contributed by atoms with Gasteiger partial charge in [-0.2, -0.15) is 0 Å². The van der Waals surface area contributed by atoms with Crippen LogP contribution in [0.3, 0.4) is 0 Å². The maximum absolute atomic E-state index is 9.62. The third kappa shape index (κ3) is 2.62. The molecule has 4 heteroatoms. The van der Waals surface area contributed by atoms with E-state index < -0.39 is 0 Å². The van der Waals surface area contributed by atoms with Crippen molar-refractivity contribution in [1.82, 2.24) is 10.6 Å². The molecule has 3 N–H and O–H groups in total. The van der Waals surface area contributed by atoms with Gasteiger partial charge in [-0.1, -0.05) is 13.8 Å². The van der Waals surface area contributed by atoms with Crippen LogP contribution in [0.2, 0.25) is 0 Å². The lowest BCUT2D eigenvalue weighted by Gasteiger charge is -2.49. The Morgan fingerprint density at radius 2 is 2.13 bits per heavy atom. The Morgan fingerprint density at radius 1 is 1.47 bits per heavy atom. The van der Waals surface area contributed by atoms with Crippen molar-refractivity contribution in [3.05, 3.63) is 0 Å². The fourth-order valence-corrected chi connectivity index (χ4v) is 1.79. The molecule has 0 aromatic carbocycles. The average Bonchev–Trinajstić information content (AvgIpc) is 2.18. The van der Waals surface area contributed by atoms with Crippen LogP contribution in [0, 0.1) is 5.41 Å². The highest BCUT2D eigenvalue weighted by molar-refractivity contribution is 5.80. The summed E-state index contributed by atoms with van der Waals surface area (Å²) >= 11 is 0. The molecule has 4 nitrogen and oxygen atoms in total. The van der Waals surface area contributed by atoms with E-state index in [4.69, 9.17) is 0 Å². The van der Waals surface area contributed by atoms with Crippen LogP contribution < -0.4 is 10.6 Å². The van der Waals surface area contributed by atoms with E-state index in [2.05, 4.69) is 29.5 Å². The molecular weight excluding hydrogens is 190 g/mol. The Morgan fingerprint density at radius 3 is 2.53 bits per heavy atom. The summed E-state index contributed by atoms with van der Waals surface area (Å²) in [6.45, 7) is 9.85. The maximum Gasteiger partial charge on any atom is 0.191 e. The van der Waals surface area contributed by atoms with E-state index >= 15 is 0 Å². The SMILES string of the molecule is CCN=C(NCC)NC1CC(O)C1(C)C. The summed E-state index contributed by atoms with van der Waals surface area (Å²) in [6.07, 6.45) is 0.612. The highest BCUT2D eigenvalue weighted by atomic mass is 16.3. The summed E-state index contributed by atoms with van der Waals surface area (Å²) in [4.78, 5) is 4.34. The quantitative estimate of drug-likeness (QED) is 0.478. The fourth-order valence-electron chi connectivity index (χ4n) is 1.79. The monoisotopic (exact) mass is 213 g/mol. The van der Waals surface area contributed by atoms with Crippen LogP contribution in [0.25, 0.3) is 0 Å². The van der Waals surface area contributed by atoms with Crippen LogP contribution >= 0.6 is 0 Å². The molecular formula is C11H23N3O. The Labute approximate surface area is 92.2 Å². The van der Waals surface area contributed by atoms with Crippen LogP contribution in [0.5, 0.6) is 0 Å². The first-order valence-electron chi connectivity index (χ1n) is 5.75. The number of aliphatic hydroxyl groups is 1. The minimum absolute atomic E-state index is 0.0517. The minimum atomic E-state index is -0.195. The van der Waals surface area contributed by atoms with Crippen molar-refractivity contribution in [2.24, 2.45) is 10.4 Å². The van der Waals surface area contributed by atoms with Gasteiger partial charge in [0.1, 0.15) is 0 Å². The fraction of sp³-hybridized carbons (Fsp3) is 0.909. The second kappa shape index (κ2) is 4.84. The Balaban J connectivity index is 2.50. The third-order valence-electron chi connectivity index (χ3n) is 3.19. The standard InChI is InChI=1S/C11H23N3O/c1-5-12-10(13-6-2)14-8-7-9(15)11(8,3)4/h8-9,15H,5-7H2,1-4H3,(H2,12,13,14). The van der Waals surface area contributed by atoms with Gasteiger partial charge in [-0.25, -0.2) is 0 Å². The van der Waals surface area contributed by atoms with Gasteiger partial charge in [-0.05, 0) is 20.3 Å². The molecule has 0 radical (unpaired) electrons. The number of aliphatic imine (C=N–C) groups is 1. The normalized spacial score (nSPS) is 29.5. The van der Waals surface area contributed by atoms with Crippen molar-refractivity contribution >= 4 is 5.96 Å². The zero-order chi connectivity index (χ0) is 11.5. The van der Waals surface area contributed by atoms with Crippen molar-refractivity contribution in [2.45, 2.75) is 46.3 Å². The molecule has 88 valence electrons. The van der Waals surface area contributed by atoms with Gasteiger partial charge in [0.05, 0.1) is 6.10 Å². The molecule has 0 aliphatic heterocycles. The van der Waals surface area contributed by atoms with E-state index in [-0.39, 0.29) is 11.5 Å². The number of nitrogens with zero attached hydrogens (tertiary/aromatic N) is 1. The number of guanidine groups is 1. The largest absolute Gasteiger partial charge is 0.392 e. The van der Waals surface area contributed by atoms with Crippen molar-refractivity contribution in [1.29, 1.82) is 0 Å². The van der Waals surface area contributed by atoms with Crippen molar-refractivity contribution in [3.63, 3.8) is 0 Å². The molecule has 0 spiro atoms. The van der Waals surface area contributed by atoms with E-state index in [0.29, 0.717) is 6.04 Å². The van der Waals surface area contributed by atoms with Gasteiger partial charge in [0.2, 0.25) is 0 Å². The summed E-state index contributed by atoms with van der Waals surface area (Å²) in [7, 11) is 0. The predicted octanol–water partition coefficient (Wildman–Crippen LogP) is 0.721. The maximum atomic E-state index is 9.62. The Kier molecular flexibility index (Phi) is 3.97. The molecule has 15 heavy (non-hydrogen) atoms. The number of hydrogen-bond acceptors (Lipinski definition) is 2. The molecule has 0 saturated heterocycles. The molecule has 0 aromatic heterocycles. The molecule has 1 rings (SSSR count). The lowest BCUT2D eigenvalue weighted by atomic mass is 9.64. The zero-order valence-electron chi connectivity index (χ0n) is 10.2. The molecule has 0 heterocycles. The first kappa shape index (κ1) is 12.3. The van der Waals surface area contributed by atoms with Crippen LogP contribution in [0.4, 0.5) is 0 Å². The summed E-state index contributed by atoms with van der Waals surface area (Å²) < 4.78 is 0. The third-order valence-corrected chi connectivity index (χ3v) is 3.19. The molecule has 0 amide bonds. The molecule has 1 saturated carbocycles. The van der Waals surface area contributed by atoms with Gasteiger partial charge in [0, 0.05) is 24.5 Å². The summed E-state index contributed by atoms with van der Waals surface area (Å²) in [5, 5.41) is 16.2. The van der Waals surface area contributed by atoms with Crippen molar-refractivity contribution < 1.29 is 5.11 Å². The highest BCUT2D eigenvalue weighted by Gasteiger charge is 2.47. The second-order valence-electron chi connectivity index (χ2n) is 4.62. The van der Waals surface area contributed by atoms with Gasteiger partial charge in [-0.15, -0.1) is 0 Å². The molecule has 0 bridgehead atoms. The zero-order valence-corrected chi connectivity index (χ0v) is 10.2. The van der Waals surface area contributed by atoms with Crippen LogP contribution in [0.15, 0.2) is 4.99 Å². The smallest absolute Gasteiger partial charge is 0.191 e. The number of hydrogen-bond donors (Lipinski definition) is 3. The predicted molar refractivity (Wildman–Crippen MR) is 63.0 cm³/mol. The van der Waals surface area contributed by atoms with Gasteiger partial charge < -0.3 is 15.7 Å². The minimum Gasteiger partial charge on any atom is -0.392 e. The van der Waals surface area contributed by atoms with E-state index in [0.717, 1.165) is 25.5 Å². The molecule has 0 aromatic rings. The van der Waals surface area contributed by atoms with E-state index in [1.54, 1.807) is 0 Å². The first-order chi connectivity index (χ1) is 7.02. The molecule has 2 atom stereocenters. The summed E-state index contributed by atoms with van der Waals surface area (Å²) in [5.41, 5.74) is -0.0517. The van der Waals surface area contributed by atoms with Gasteiger partial charge >= 0.3 is 0 Å². The number of nitrogens with one attached hydrogen (secondary N) is 2. The van der Waals surface area contributed by atoms with Crippen LogP contribution in [0.1, 0.15) is 34.1 Å². The number of rotatable bonds is 3. The molecule has 1 aliphatic carbocycles. The Bertz CT molecular complexity index is 238. The van der Waals surface area contributed by atoms with Crippen LogP contribution in [-0.4, -0.2) is 36.3 Å². The van der Waals surface area contributed by atoms with Crippen molar-refractivity contribution in [2.75, 3.05) is 13.1 Å². The topological polar surface area (TPSA) is 56.7 Å². The lowest BCUT2D eigenvalue weighted by molar-refractivity contribution is -0.0661. The van der Waals surface area contributed by atoms with Crippen LogP contribution in [-0.2, 0) is 0 Å². The van der Waals surface area contributed by atoms with E-state index in [1.165, 1.54) is 0 Å². The van der Waals surface area contributed by atoms with Gasteiger partial charge in [-0.3, -0.25) is 4.99 Å². The lowest BCUT2D eigenvalue weighted by Crippen LogP contribution is -2.62. The Hall–Kier alpha value is -0.770. The molecule has 2 unspecified atom stereocenters. The van der Waals surface area contributed by atoms with Gasteiger partial charge in [0.25, 0.3) is 0 Å². The van der Waals surface area contributed by atoms with Gasteiger partial charge in [0.15, 0.2) is 5.96 Å².